The van der Waals surface area contributed by atoms with E-state index in [0.29, 0.717) is 6.42 Å². The predicted octanol–water partition coefficient (Wildman–Crippen LogP) is 0.912. The normalized spacial score (nSPS) is 15.1. The van der Waals surface area contributed by atoms with Gasteiger partial charge in [0.25, 0.3) is 11.8 Å². The van der Waals surface area contributed by atoms with Crippen LogP contribution in [0.1, 0.15) is 12.0 Å². The minimum atomic E-state index is -0.773. The van der Waals surface area contributed by atoms with Crippen LogP contribution in [-0.4, -0.2) is 17.8 Å². The van der Waals surface area contributed by atoms with E-state index in [4.69, 9.17) is 0 Å². The van der Waals surface area contributed by atoms with Crippen molar-refractivity contribution >= 4 is 17.8 Å². The van der Waals surface area contributed by atoms with Crippen LogP contribution in [0.2, 0.25) is 0 Å². The van der Waals surface area contributed by atoms with E-state index in [9.17, 15) is 14.4 Å². The van der Waals surface area contributed by atoms with Gasteiger partial charge in [-0.25, -0.2) is 4.79 Å². The number of hydrogen-bond donors (Lipinski definition) is 2. The van der Waals surface area contributed by atoms with Crippen LogP contribution in [0.3, 0.4) is 0 Å². The fraction of sp³-hybridized carbons (Fsp3) is 0.154. The maximum Gasteiger partial charge on any atom is 0.328 e. The van der Waals surface area contributed by atoms with Crippen molar-refractivity contribution < 1.29 is 14.4 Å². The smallest absolute Gasteiger partial charge is 0.273 e. The zero-order valence-electron chi connectivity index (χ0n) is 9.60. The third-order valence-corrected chi connectivity index (χ3v) is 2.57. The fourth-order valence-electron chi connectivity index (χ4n) is 1.69. The van der Waals surface area contributed by atoms with E-state index in [1.165, 1.54) is 0 Å². The molecule has 0 aliphatic carbocycles. The van der Waals surface area contributed by atoms with Gasteiger partial charge >= 0.3 is 6.03 Å². The van der Waals surface area contributed by atoms with Crippen LogP contribution >= 0.6 is 0 Å². The third kappa shape index (κ3) is 2.82. The zero-order valence-corrected chi connectivity index (χ0v) is 9.60. The summed E-state index contributed by atoms with van der Waals surface area (Å²) in [7, 11) is 0. The highest BCUT2D eigenvalue weighted by Gasteiger charge is 2.27. The molecule has 0 unspecified atom stereocenters. The third-order valence-electron chi connectivity index (χ3n) is 2.57. The SMILES string of the molecule is O=C1NC(=O)C(=CCCc2ccccc2)C(=O)N1. The molecule has 1 saturated heterocycles. The van der Waals surface area contributed by atoms with Crippen LogP contribution in [0.4, 0.5) is 4.79 Å². The molecule has 5 heteroatoms. The lowest BCUT2D eigenvalue weighted by molar-refractivity contribution is -0.124. The molecule has 2 N–H and O–H groups in total. The van der Waals surface area contributed by atoms with Gasteiger partial charge in [-0.05, 0) is 18.4 Å². The minimum absolute atomic E-state index is 0.00877. The van der Waals surface area contributed by atoms with Gasteiger partial charge < -0.3 is 0 Å². The monoisotopic (exact) mass is 244 g/mol. The van der Waals surface area contributed by atoms with E-state index in [-0.39, 0.29) is 5.57 Å². The topological polar surface area (TPSA) is 75.3 Å². The van der Waals surface area contributed by atoms with E-state index in [0.717, 1.165) is 12.0 Å². The van der Waals surface area contributed by atoms with Crippen LogP contribution in [0, 0.1) is 0 Å². The van der Waals surface area contributed by atoms with Crippen molar-refractivity contribution in [2.45, 2.75) is 12.8 Å². The largest absolute Gasteiger partial charge is 0.328 e. The van der Waals surface area contributed by atoms with Gasteiger partial charge in [-0.3, -0.25) is 20.2 Å². The zero-order chi connectivity index (χ0) is 13.0. The summed E-state index contributed by atoms with van der Waals surface area (Å²) in [5, 5.41) is 4.06. The molecule has 1 aromatic rings. The molecule has 0 saturated carbocycles. The summed E-state index contributed by atoms with van der Waals surface area (Å²) in [6.45, 7) is 0. The number of amides is 4. The second-order valence-corrected chi connectivity index (χ2v) is 3.88. The Bertz CT molecular complexity index is 498. The molecular formula is C13H12N2O3. The molecule has 92 valence electrons. The summed E-state index contributed by atoms with van der Waals surface area (Å²) in [5.74, 6) is -1.28. The van der Waals surface area contributed by atoms with Gasteiger partial charge in [0.05, 0.1) is 0 Å². The van der Waals surface area contributed by atoms with E-state index in [1.54, 1.807) is 6.08 Å². The van der Waals surface area contributed by atoms with E-state index < -0.39 is 17.8 Å². The second-order valence-electron chi connectivity index (χ2n) is 3.88. The van der Waals surface area contributed by atoms with Crippen molar-refractivity contribution in [3.8, 4) is 0 Å². The van der Waals surface area contributed by atoms with E-state index in [1.807, 2.05) is 41.0 Å². The van der Waals surface area contributed by atoms with Gasteiger partial charge in [-0.2, -0.15) is 0 Å². The molecule has 4 amide bonds. The van der Waals surface area contributed by atoms with Crippen LogP contribution in [0.5, 0.6) is 0 Å². The Morgan fingerprint density at radius 1 is 0.944 bits per heavy atom. The molecule has 1 aromatic carbocycles. The minimum Gasteiger partial charge on any atom is -0.273 e. The average Bonchev–Trinajstić information content (AvgIpc) is 2.34. The fourth-order valence-corrected chi connectivity index (χ4v) is 1.69. The predicted molar refractivity (Wildman–Crippen MR) is 64.5 cm³/mol. The molecule has 1 heterocycles. The first-order valence-corrected chi connectivity index (χ1v) is 5.57. The molecule has 5 nitrogen and oxygen atoms in total. The number of rotatable bonds is 3. The molecule has 1 aliphatic rings. The molecule has 2 rings (SSSR count). The highest BCUT2D eigenvalue weighted by Crippen LogP contribution is 2.07. The number of carbonyl (C=O) groups is 3. The summed E-state index contributed by atoms with van der Waals surface area (Å²) < 4.78 is 0. The molecule has 0 spiro atoms. The van der Waals surface area contributed by atoms with Crippen molar-refractivity contribution in [1.29, 1.82) is 0 Å². The van der Waals surface area contributed by atoms with Crippen LogP contribution in [0.25, 0.3) is 0 Å². The first kappa shape index (κ1) is 12.0. The number of aryl methyl sites for hydroxylation is 1. The lowest BCUT2D eigenvalue weighted by Crippen LogP contribution is -2.51. The standard InChI is InChI=1S/C13H12N2O3/c16-11-10(12(17)15-13(18)14-11)8-4-7-9-5-2-1-3-6-9/h1-3,5-6,8H,4,7H2,(H2,14,15,16,17,18). The van der Waals surface area contributed by atoms with Gasteiger partial charge in [-0.15, -0.1) is 0 Å². The number of nitrogens with one attached hydrogen (secondary N) is 2. The highest BCUT2D eigenvalue weighted by atomic mass is 16.2. The quantitative estimate of drug-likeness (QED) is 0.613. The number of barbiturate groups is 1. The molecule has 0 radical (unpaired) electrons. The molecule has 0 aromatic heterocycles. The summed E-state index contributed by atoms with van der Waals surface area (Å²) in [6.07, 6.45) is 2.84. The lowest BCUT2D eigenvalue weighted by atomic mass is 10.1. The van der Waals surface area contributed by atoms with Crippen molar-refractivity contribution in [3.05, 3.63) is 47.5 Å². The molecule has 18 heavy (non-hydrogen) atoms. The average molecular weight is 244 g/mol. The van der Waals surface area contributed by atoms with Gasteiger partial charge in [0.1, 0.15) is 5.57 Å². The lowest BCUT2D eigenvalue weighted by Gasteiger charge is -2.13. The Labute approximate surface area is 104 Å². The van der Waals surface area contributed by atoms with E-state index >= 15 is 0 Å². The van der Waals surface area contributed by atoms with Crippen molar-refractivity contribution in [1.82, 2.24) is 10.6 Å². The van der Waals surface area contributed by atoms with E-state index in [2.05, 4.69) is 0 Å². The highest BCUT2D eigenvalue weighted by molar-refractivity contribution is 6.28. The maximum absolute atomic E-state index is 11.4. The molecular weight excluding hydrogens is 232 g/mol. The Morgan fingerprint density at radius 2 is 1.56 bits per heavy atom. The van der Waals surface area contributed by atoms with Gasteiger partial charge in [0.2, 0.25) is 0 Å². The molecule has 0 atom stereocenters. The summed E-state index contributed by atoms with van der Waals surface area (Å²) in [6, 6.07) is 8.97. The van der Waals surface area contributed by atoms with Gasteiger partial charge in [-0.1, -0.05) is 36.4 Å². The number of hydrogen-bond acceptors (Lipinski definition) is 3. The van der Waals surface area contributed by atoms with Crippen LogP contribution in [0.15, 0.2) is 42.0 Å². The number of benzene rings is 1. The molecule has 1 aliphatic heterocycles. The first-order valence-electron chi connectivity index (χ1n) is 5.57. The summed E-state index contributed by atoms with van der Waals surface area (Å²) in [5.41, 5.74) is 1.12. The van der Waals surface area contributed by atoms with Crippen LogP contribution in [-0.2, 0) is 16.0 Å². The second kappa shape index (κ2) is 5.27. The summed E-state index contributed by atoms with van der Waals surface area (Å²) in [4.78, 5) is 33.6. The van der Waals surface area contributed by atoms with Crippen LogP contribution < -0.4 is 10.6 Å². The maximum atomic E-state index is 11.4. The Balaban J connectivity index is 1.99. The molecule has 0 bridgehead atoms. The van der Waals surface area contributed by atoms with Gasteiger partial charge in [0.15, 0.2) is 0 Å². The molecule has 1 fully saturated rings. The Hall–Kier alpha value is -2.43. The number of carbonyl (C=O) groups excluding carboxylic acids is 3. The Kier molecular flexibility index (Phi) is 3.52. The number of urea groups is 1. The van der Waals surface area contributed by atoms with Crippen molar-refractivity contribution in [2.24, 2.45) is 0 Å². The van der Waals surface area contributed by atoms with Crippen molar-refractivity contribution in [2.75, 3.05) is 0 Å². The Morgan fingerprint density at radius 3 is 2.17 bits per heavy atom. The number of imide groups is 2. The number of allylic oxidation sites excluding steroid dienone is 1. The first-order chi connectivity index (χ1) is 8.66. The van der Waals surface area contributed by atoms with Gasteiger partial charge in [0, 0.05) is 0 Å². The summed E-state index contributed by atoms with van der Waals surface area (Å²) >= 11 is 0. The van der Waals surface area contributed by atoms with Crippen molar-refractivity contribution in [3.63, 3.8) is 0 Å².